The molecule has 1 aliphatic rings. The Kier molecular flexibility index (Phi) is 6.09. The van der Waals surface area contributed by atoms with E-state index in [9.17, 15) is 18.0 Å². The molecule has 3 rings (SSSR count). The van der Waals surface area contributed by atoms with Gasteiger partial charge in [0.25, 0.3) is 5.91 Å². The Morgan fingerprint density at radius 2 is 1.93 bits per heavy atom. The molecule has 2 aromatic rings. The molecule has 10 heteroatoms. The summed E-state index contributed by atoms with van der Waals surface area (Å²) in [7, 11) is 2.98. The fourth-order valence-electron chi connectivity index (χ4n) is 3.08. The number of nitrogens with zero attached hydrogens (tertiary/aromatic N) is 3. The summed E-state index contributed by atoms with van der Waals surface area (Å²) in [5.41, 5.74) is -0.657. The first-order valence-electron chi connectivity index (χ1n) is 8.90. The van der Waals surface area contributed by atoms with Crippen molar-refractivity contribution in [1.29, 1.82) is 0 Å². The van der Waals surface area contributed by atoms with Crippen molar-refractivity contribution in [3.63, 3.8) is 0 Å². The average molecular weight is 411 g/mol. The number of alkyl halides is 3. The topological polar surface area (TPSA) is 73.8 Å². The van der Waals surface area contributed by atoms with E-state index < -0.39 is 18.0 Å². The normalized spacial score (nSPS) is 17.0. The zero-order valence-electron chi connectivity index (χ0n) is 15.9. The second-order valence-corrected chi connectivity index (χ2v) is 6.43. The number of rotatable bonds is 5. The number of piperidine rings is 1. The number of hydrogen-bond donors (Lipinski definition) is 0. The lowest BCUT2D eigenvalue weighted by atomic mass is 10.1. The summed E-state index contributed by atoms with van der Waals surface area (Å²) in [5, 5.41) is 0. The number of halogens is 3. The van der Waals surface area contributed by atoms with E-state index in [1.807, 2.05) is 0 Å². The third-order valence-electron chi connectivity index (χ3n) is 4.49. The summed E-state index contributed by atoms with van der Waals surface area (Å²) in [6, 6.07) is 5.28. The molecule has 156 valence electrons. The van der Waals surface area contributed by atoms with Gasteiger partial charge in [0, 0.05) is 18.3 Å². The number of aromatic nitrogens is 2. The fourth-order valence-corrected chi connectivity index (χ4v) is 3.08. The lowest BCUT2D eigenvalue weighted by Crippen LogP contribution is -2.44. The van der Waals surface area contributed by atoms with Crippen molar-refractivity contribution in [2.75, 3.05) is 27.3 Å². The third-order valence-corrected chi connectivity index (χ3v) is 4.49. The van der Waals surface area contributed by atoms with Gasteiger partial charge in [-0.05, 0) is 37.1 Å². The molecule has 1 amide bonds. The second kappa shape index (κ2) is 8.54. The molecule has 1 aromatic heterocycles. The van der Waals surface area contributed by atoms with E-state index in [-0.39, 0.29) is 18.5 Å². The van der Waals surface area contributed by atoms with Gasteiger partial charge in [0.15, 0.2) is 17.2 Å². The van der Waals surface area contributed by atoms with Crippen LogP contribution in [0.1, 0.15) is 28.9 Å². The quantitative estimate of drug-likeness (QED) is 0.752. The highest BCUT2D eigenvalue weighted by Crippen LogP contribution is 2.30. The predicted molar refractivity (Wildman–Crippen MR) is 96.1 cm³/mol. The van der Waals surface area contributed by atoms with E-state index in [4.69, 9.17) is 14.2 Å². The molecule has 0 bridgehead atoms. The summed E-state index contributed by atoms with van der Waals surface area (Å²) in [6.45, 7) is 0.725. The van der Waals surface area contributed by atoms with Crippen molar-refractivity contribution in [2.24, 2.45) is 0 Å². The smallest absolute Gasteiger partial charge is 0.433 e. The maximum absolute atomic E-state index is 12.8. The molecule has 29 heavy (non-hydrogen) atoms. The van der Waals surface area contributed by atoms with Crippen LogP contribution in [0.25, 0.3) is 0 Å². The average Bonchev–Trinajstić information content (AvgIpc) is 2.72. The first-order valence-corrected chi connectivity index (χ1v) is 8.90. The van der Waals surface area contributed by atoms with Crippen molar-refractivity contribution >= 4 is 5.91 Å². The molecule has 1 fully saturated rings. The van der Waals surface area contributed by atoms with E-state index in [1.165, 1.54) is 14.2 Å². The van der Waals surface area contributed by atoms with Crippen LogP contribution in [-0.2, 0) is 6.18 Å². The van der Waals surface area contributed by atoms with Crippen molar-refractivity contribution < 1.29 is 32.2 Å². The molecule has 7 nitrogen and oxygen atoms in total. The van der Waals surface area contributed by atoms with Crippen LogP contribution >= 0.6 is 0 Å². The molecule has 0 spiro atoms. The van der Waals surface area contributed by atoms with Crippen LogP contribution in [0, 0.1) is 0 Å². The van der Waals surface area contributed by atoms with Crippen LogP contribution in [0.4, 0.5) is 13.2 Å². The minimum absolute atomic E-state index is 0.215. The van der Waals surface area contributed by atoms with Gasteiger partial charge in [0.1, 0.15) is 6.10 Å². The van der Waals surface area contributed by atoms with Gasteiger partial charge in [-0.3, -0.25) is 4.79 Å². The van der Waals surface area contributed by atoms with E-state index in [2.05, 4.69) is 9.97 Å². The van der Waals surface area contributed by atoms with Gasteiger partial charge in [-0.2, -0.15) is 18.2 Å². The summed E-state index contributed by atoms with van der Waals surface area (Å²) in [4.78, 5) is 21.6. The first-order chi connectivity index (χ1) is 13.8. The summed E-state index contributed by atoms with van der Waals surface area (Å²) in [5.74, 6) is 0.704. The van der Waals surface area contributed by atoms with Crippen LogP contribution in [0.3, 0.4) is 0 Å². The Labute approximate surface area is 165 Å². The molecule has 2 heterocycles. The number of hydrogen-bond acceptors (Lipinski definition) is 6. The molecule has 0 aliphatic carbocycles. The van der Waals surface area contributed by atoms with Gasteiger partial charge in [0.2, 0.25) is 0 Å². The molecule has 0 saturated carbocycles. The van der Waals surface area contributed by atoms with Crippen molar-refractivity contribution in [2.45, 2.75) is 25.1 Å². The Morgan fingerprint density at radius 3 is 2.62 bits per heavy atom. The van der Waals surface area contributed by atoms with Crippen molar-refractivity contribution in [3.05, 3.63) is 41.7 Å². The largest absolute Gasteiger partial charge is 0.493 e. The van der Waals surface area contributed by atoms with Crippen molar-refractivity contribution in [1.82, 2.24) is 14.9 Å². The van der Waals surface area contributed by atoms with Gasteiger partial charge in [-0.25, -0.2) is 4.98 Å². The van der Waals surface area contributed by atoms with Gasteiger partial charge in [0.05, 0.1) is 20.8 Å². The SMILES string of the molecule is COc1ccc(C(=O)N2CCCC(Oc3nccc(C(F)(F)F)n3)C2)cc1OC. The zero-order chi connectivity index (χ0) is 21.0. The second-order valence-electron chi connectivity index (χ2n) is 6.43. The lowest BCUT2D eigenvalue weighted by Gasteiger charge is -2.32. The number of ether oxygens (including phenoxy) is 3. The Balaban J connectivity index is 1.70. The van der Waals surface area contributed by atoms with Crippen molar-refractivity contribution in [3.8, 4) is 17.5 Å². The minimum atomic E-state index is -4.58. The molecule has 1 saturated heterocycles. The molecular weight excluding hydrogens is 391 g/mol. The molecule has 0 radical (unpaired) electrons. The van der Waals surface area contributed by atoms with Crippen LogP contribution in [-0.4, -0.2) is 54.2 Å². The third kappa shape index (κ3) is 4.87. The first kappa shape index (κ1) is 20.7. The fraction of sp³-hybridized carbons (Fsp3) is 0.421. The van der Waals surface area contributed by atoms with Gasteiger partial charge in [-0.15, -0.1) is 0 Å². The van der Waals surface area contributed by atoms with Crippen LogP contribution in [0.2, 0.25) is 0 Å². The summed E-state index contributed by atoms with van der Waals surface area (Å²) < 4.78 is 54.3. The number of benzene rings is 1. The molecule has 1 unspecified atom stereocenters. The van der Waals surface area contributed by atoms with E-state index in [1.54, 1.807) is 23.1 Å². The zero-order valence-corrected chi connectivity index (χ0v) is 15.9. The van der Waals surface area contributed by atoms with Gasteiger partial charge < -0.3 is 19.1 Å². The van der Waals surface area contributed by atoms with Crippen LogP contribution in [0.15, 0.2) is 30.5 Å². The summed E-state index contributed by atoms with van der Waals surface area (Å²) >= 11 is 0. The standard InChI is InChI=1S/C19H20F3N3O4/c1-27-14-6-5-12(10-15(14)28-2)17(26)25-9-3-4-13(11-25)29-18-23-8-7-16(24-18)19(20,21)22/h5-8,10,13H,3-4,9,11H2,1-2H3. The molecule has 1 atom stereocenters. The molecule has 1 aromatic carbocycles. The minimum Gasteiger partial charge on any atom is -0.493 e. The van der Waals surface area contributed by atoms with E-state index >= 15 is 0 Å². The number of carbonyl (C=O) groups is 1. The number of likely N-dealkylation sites (tertiary alicyclic amines) is 1. The van der Waals surface area contributed by atoms with Crippen LogP contribution < -0.4 is 14.2 Å². The Morgan fingerprint density at radius 1 is 1.17 bits per heavy atom. The van der Waals surface area contributed by atoms with Crippen LogP contribution in [0.5, 0.6) is 17.5 Å². The monoisotopic (exact) mass is 411 g/mol. The molecule has 1 aliphatic heterocycles. The highest BCUT2D eigenvalue weighted by molar-refractivity contribution is 5.95. The lowest BCUT2D eigenvalue weighted by molar-refractivity contribution is -0.141. The summed E-state index contributed by atoms with van der Waals surface area (Å²) in [6.07, 6.45) is -2.86. The Hall–Kier alpha value is -3.04. The highest BCUT2D eigenvalue weighted by Gasteiger charge is 2.33. The number of methoxy groups -OCH3 is 2. The molecule has 0 N–H and O–H groups in total. The molecular formula is C19H20F3N3O4. The van der Waals surface area contributed by atoms with Gasteiger partial charge >= 0.3 is 12.2 Å². The van der Waals surface area contributed by atoms with E-state index in [0.717, 1.165) is 12.3 Å². The Bertz CT molecular complexity index is 876. The number of carbonyl (C=O) groups excluding carboxylic acids is 1. The van der Waals surface area contributed by atoms with E-state index in [0.29, 0.717) is 36.4 Å². The maximum Gasteiger partial charge on any atom is 0.433 e. The highest BCUT2D eigenvalue weighted by atomic mass is 19.4. The van der Waals surface area contributed by atoms with Gasteiger partial charge in [-0.1, -0.05) is 0 Å². The maximum atomic E-state index is 12.8. The number of amides is 1. The predicted octanol–water partition coefficient (Wildman–Crippen LogP) is 3.20.